The fourth-order valence-corrected chi connectivity index (χ4v) is 3.98. The smallest absolute Gasteiger partial charge is 0.211 e. The minimum atomic E-state index is -3.11. The van der Waals surface area contributed by atoms with Gasteiger partial charge in [-0.2, -0.15) is 0 Å². The van der Waals surface area contributed by atoms with Gasteiger partial charge in [-0.3, -0.25) is 0 Å². The number of rotatable bonds is 6. The quantitative estimate of drug-likeness (QED) is 0.752. The molecule has 0 aromatic rings. The maximum Gasteiger partial charge on any atom is 0.211 e. The van der Waals surface area contributed by atoms with Crippen LogP contribution in [0.15, 0.2) is 0 Å². The zero-order chi connectivity index (χ0) is 12.0. The zero-order valence-electron chi connectivity index (χ0n) is 9.91. The molecule has 0 aromatic heterocycles. The van der Waals surface area contributed by atoms with Gasteiger partial charge in [0.25, 0.3) is 0 Å². The molecule has 0 bridgehead atoms. The molecule has 0 aliphatic heterocycles. The summed E-state index contributed by atoms with van der Waals surface area (Å²) in [4.78, 5) is 0. The van der Waals surface area contributed by atoms with Gasteiger partial charge in [0.1, 0.15) is 0 Å². The van der Waals surface area contributed by atoms with Gasteiger partial charge in [-0.1, -0.05) is 26.2 Å². The van der Waals surface area contributed by atoms with Crippen LogP contribution in [0.3, 0.4) is 0 Å². The second kappa shape index (κ2) is 6.82. The molecule has 96 valence electrons. The van der Waals surface area contributed by atoms with E-state index in [-0.39, 0.29) is 11.8 Å². The summed E-state index contributed by atoms with van der Waals surface area (Å²) in [6.45, 7) is 2.18. The molecule has 1 rings (SSSR count). The molecule has 0 aromatic carbocycles. The lowest BCUT2D eigenvalue weighted by Gasteiger charge is -2.28. The Labute approximate surface area is 104 Å². The number of nitrogens with one attached hydrogen (secondary N) is 1. The van der Waals surface area contributed by atoms with Gasteiger partial charge in [-0.15, -0.1) is 11.6 Å². The topological polar surface area (TPSA) is 46.2 Å². The van der Waals surface area contributed by atoms with Crippen molar-refractivity contribution >= 4 is 21.6 Å². The van der Waals surface area contributed by atoms with Gasteiger partial charge in [0.15, 0.2) is 0 Å². The first-order valence-corrected chi connectivity index (χ1v) is 8.32. The second-order valence-corrected chi connectivity index (χ2v) is 6.87. The summed E-state index contributed by atoms with van der Waals surface area (Å²) in [5.74, 6) is 1.25. The van der Waals surface area contributed by atoms with E-state index in [9.17, 15) is 8.42 Å². The van der Waals surface area contributed by atoms with Crippen molar-refractivity contribution in [3.05, 3.63) is 0 Å². The Bertz CT molecular complexity index is 292. The van der Waals surface area contributed by atoms with Gasteiger partial charge < -0.3 is 0 Å². The van der Waals surface area contributed by atoms with Crippen LogP contribution in [-0.4, -0.2) is 26.1 Å². The van der Waals surface area contributed by atoms with Crippen LogP contribution in [-0.2, 0) is 10.0 Å². The molecule has 16 heavy (non-hydrogen) atoms. The second-order valence-electron chi connectivity index (χ2n) is 4.62. The molecular formula is C11H22ClNO2S. The first-order chi connectivity index (χ1) is 7.57. The minimum absolute atomic E-state index is 0.152. The summed E-state index contributed by atoms with van der Waals surface area (Å²) < 4.78 is 26.2. The minimum Gasteiger partial charge on any atom is -0.212 e. The number of sulfonamides is 1. The van der Waals surface area contributed by atoms with Crippen LogP contribution in [0.2, 0.25) is 0 Å². The molecule has 1 fully saturated rings. The molecule has 1 saturated carbocycles. The largest absolute Gasteiger partial charge is 0.212 e. The highest BCUT2D eigenvalue weighted by Gasteiger charge is 2.24. The average molecular weight is 268 g/mol. The van der Waals surface area contributed by atoms with Crippen LogP contribution < -0.4 is 4.72 Å². The van der Waals surface area contributed by atoms with Crippen molar-refractivity contribution in [3.63, 3.8) is 0 Å². The van der Waals surface area contributed by atoms with Crippen molar-refractivity contribution in [3.8, 4) is 0 Å². The normalized spacial score (nSPS) is 26.9. The summed E-state index contributed by atoms with van der Waals surface area (Å²) >= 11 is 5.50. The van der Waals surface area contributed by atoms with E-state index in [1.807, 2.05) is 0 Å². The summed E-state index contributed by atoms with van der Waals surface area (Å²) in [5, 5.41) is 0. The van der Waals surface area contributed by atoms with E-state index in [0.717, 1.165) is 25.7 Å². The molecule has 1 N–H and O–H groups in total. The van der Waals surface area contributed by atoms with Gasteiger partial charge in [-0.25, -0.2) is 13.1 Å². The molecule has 1 aliphatic carbocycles. The molecule has 2 unspecified atom stereocenters. The Morgan fingerprint density at radius 3 is 2.75 bits per heavy atom. The van der Waals surface area contributed by atoms with Crippen LogP contribution in [0.5, 0.6) is 0 Å². The van der Waals surface area contributed by atoms with Crippen molar-refractivity contribution in [2.75, 3.05) is 11.6 Å². The molecule has 3 nitrogen and oxygen atoms in total. The summed E-state index contributed by atoms with van der Waals surface area (Å²) in [5.41, 5.74) is 0. The van der Waals surface area contributed by atoms with E-state index in [1.165, 1.54) is 6.42 Å². The number of hydrogen-bond donors (Lipinski definition) is 1. The molecule has 0 radical (unpaired) electrons. The third-order valence-electron chi connectivity index (χ3n) is 3.25. The van der Waals surface area contributed by atoms with E-state index < -0.39 is 10.0 Å². The SMILES string of the molecule is CCC1CCCC(NS(=O)(=O)CCCCl)C1. The molecule has 5 heteroatoms. The van der Waals surface area contributed by atoms with Crippen molar-refractivity contribution in [1.82, 2.24) is 4.72 Å². The Kier molecular flexibility index (Phi) is 6.08. The lowest BCUT2D eigenvalue weighted by atomic mass is 9.85. The summed E-state index contributed by atoms with van der Waals surface area (Å²) in [7, 11) is -3.11. The van der Waals surface area contributed by atoms with Crippen LogP contribution >= 0.6 is 11.6 Å². The first kappa shape index (κ1) is 14.3. The highest BCUT2D eigenvalue weighted by atomic mass is 35.5. The Morgan fingerprint density at radius 1 is 1.38 bits per heavy atom. The molecule has 0 amide bonds. The number of alkyl halides is 1. The standard InChI is InChI=1S/C11H22ClNO2S/c1-2-10-5-3-6-11(9-10)13-16(14,15)8-4-7-12/h10-11,13H,2-9H2,1H3. The van der Waals surface area contributed by atoms with E-state index >= 15 is 0 Å². The van der Waals surface area contributed by atoms with E-state index in [1.54, 1.807) is 0 Å². The van der Waals surface area contributed by atoms with Gasteiger partial charge >= 0.3 is 0 Å². The Balaban J connectivity index is 2.40. The maximum atomic E-state index is 11.7. The number of halogens is 1. The van der Waals surface area contributed by atoms with E-state index in [4.69, 9.17) is 11.6 Å². The van der Waals surface area contributed by atoms with Crippen molar-refractivity contribution in [2.24, 2.45) is 5.92 Å². The lowest BCUT2D eigenvalue weighted by molar-refractivity contribution is 0.301. The van der Waals surface area contributed by atoms with Gasteiger partial charge in [0.05, 0.1) is 5.75 Å². The van der Waals surface area contributed by atoms with E-state index in [2.05, 4.69) is 11.6 Å². The molecule has 2 atom stereocenters. The van der Waals surface area contributed by atoms with Crippen LogP contribution in [0.1, 0.15) is 45.4 Å². The fourth-order valence-electron chi connectivity index (χ4n) is 2.33. The highest BCUT2D eigenvalue weighted by molar-refractivity contribution is 7.89. The Hall–Kier alpha value is 0.200. The molecule has 0 saturated heterocycles. The van der Waals surface area contributed by atoms with Crippen LogP contribution in [0, 0.1) is 5.92 Å². The fraction of sp³-hybridized carbons (Fsp3) is 1.00. The van der Waals surface area contributed by atoms with Crippen molar-refractivity contribution in [2.45, 2.75) is 51.5 Å². The maximum absolute atomic E-state index is 11.7. The summed E-state index contributed by atoms with van der Waals surface area (Å²) in [6, 6.07) is 0.152. The van der Waals surface area contributed by atoms with Gasteiger partial charge in [0.2, 0.25) is 10.0 Å². The van der Waals surface area contributed by atoms with E-state index in [0.29, 0.717) is 18.2 Å². The molecule has 1 aliphatic rings. The summed E-state index contributed by atoms with van der Waals surface area (Å²) in [6.07, 6.45) is 6.05. The number of hydrogen-bond acceptors (Lipinski definition) is 2. The lowest BCUT2D eigenvalue weighted by Crippen LogP contribution is -2.39. The third-order valence-corrected chi connectivity index (χ3v) is 5.04. The molecular weight excluding hydrogens is 246 g/mol. The highest BCUT2D eigenvalue weighted by Crippen LogP contribution is 2.26. The van der Waals surface area contributed by atoms with Gasteiger partial charge in [-0.05, 0) is 25.2 Å². The van der Waals surface area contributed by atoms with Gasteiger partial charge in [0, 0.05) is 11.9 Å². The molecule has 0 heterocycles. The Morgan fingerprint density at radius 2 is 2.12 bits per heavy atom. The van der Waals surface area contributed by atoms with Crippen molar-refractivity contribution in [1.29, 1.82) is 0 Å². The van der Waals surface area contributed by atoms with Crippen molar-refractivity contribution < 1.29 is 8.42 Å². The predicted octanol–water partition coefficient (Wildman–Crippen LogP) is 2.50. The zero-order valence-corrected chi connectivity index (χ0v) is 11.5. The monoisotopic (exact) mass is 267 g/mol. The predicted molar refractivity (Wildman–Crippen MR) is 68.3 cm³/mol. The first-order valence-electron chi connectivity index (χ1n) is 6.13. The van der Waals surface area contributed by atoms with Crippen LogP contribution in [0.4, 0.5) is 0 Å². The molecule has 0 spiro atoms. The third kappa shape index (κ3) is 5.02. The average Bonchev–Trinajstić information content (AvgIpc) is 2.26. The van der Waals surface area contributed by atoms with Crippen LogP contribution in [0.25, 0.3) is 0 Å².